The summed E-state index contributed by atoms with van der Waals surface area (Å²) in [5.41, 5.74) is -0.248. The van der Waals surface area contributed by atoms with Crippen LogP contribution in [0.5, 0.6) is 0 Å². The first-order valence-electron chi connectivity index (χ1n) is 7.48. The zero-order valence-corrected chi connectivity index (χ0v) is 13.8. The van der Waals surface area contributed by atoms with Gasteiger partial charge in [-0.05, 0) is 44.4 Å². The third kappa shape index (κ3) is 4.98. The maximum Gasteiger partial charge on any atom is 0.279 e. The van der Waals surface area contributed by atoms with Crippen LogP contribution >= 0.6 is 0 Å². The first kappa shape index (κ1) is 18.3. The fraction of sp³-hybridized carbons (Fsp3) is 0.235. The lowest BCUT2D eigenvalue weighted by atomic mass is 10.1. The number of carbonyl (C=O) groups excluding carboxylic acids is 1. The summed E-state index contributed by atoms with van der Waals surface area (Å²) in [6, 6.07) is 6.60. The van der Waals surface area contributed by atoms with Gasteiger partial charge in [-0.2, -0.15) is 0 Å². The maximum atomic E-state index is 13.1. The molecule has 0 aliphatic heterocycles. The number of rotatable bonds is 7. The van der Waals surface area contributed by atoms with Crippen molar-refractivity contribution in [2.24, 2.45) is 0 Å². The first-order valence-corrected chi connectivity index (χ1v) is 7.48. The summed E-state index contributed by atoms with van der Waals surface area (Å²) in [6.45, 7) is 0.301. The highest BCUT2D eigenvalue weighted by molar-refractivity contribution is 5.92. The van der Waals surface area contributed by atoms with Gasteiger partial charge in [-0.15, -0.1) is 0 Å². The molecule has 0 aliphatic carbocycles. The van der Waals surface area contributed by atoms with E-state index < -0.39 is 22.3 Å². The van der Waals surface area contributed by atoms with E-state index in [9.17, 15) is 19.3 Å². The fourth-order valence-corrected chi connectivity index (χ4v) is 2.26. The molecule has 0 saturated heterocycles. The van der Waals surface area contributed by atoms with Crippen molar-refractivity contribution in [3.63, 3.8) is 0 Å². The van der Waals surface area contributed by atoms with E-state index in [1.807, 2.05) is 25.1 Å². The van der Waals surface area contributed by atoms with Gasteiger partial charge in [0.15, 0.2) is 0 Å². The summed E-state index contributed by atoms with van der Waals surface area (Å²) in [5, 5.41) is 13.6. The lowest BCUT2D eigenvalue weighted by molar-refractivity contribution is -0.385. The van der Waals surface area contributed by atoms with Crippen LogP contribution in [0.2, 0.25) is 0 Å². The average molecular weight is 347 g/mol. The molecule has 1 heterocycles. The highest BCUT2D eigenvalue weighted by Gasteiger charge is 2.17. The van der Waals surface area contributed by atoms with Gasteiger partial charge in [-0.25, -0.2) is 4.39 Å². The van der Waals surface area contributed by atoms with Crippen LogP contribution in [0.1, 0.15) is 17.4 Å². The zero-order chi connectivity index (χ0) is 18.4. The molecule has 1 aromatic heterocycles. The summed E-state index contributed by atoms with van der Waals surface area (Å²) < 4.78 is 18.5. The highest BCUT2D eigenvalue weighted by atomic mass is 19.1. The van der Waals surface area contributed by atoms with Gasteiger partial charge in [0.2, 0.25) is 5.91 Å². The third-order valence-electron chi connectivity index (χ3n) is 3.57. The smallest absolute Gasteiger partial charge is 0.279 e. The van der Waals surface area contributed by atoms with Crippen molar-refractivity contribution in [2.45, 2.75) is 6.04 Å². The summed E-state index contributed by atoms with van der Waals surface area (Å²) in [6.07, 6.45) is 4.01. The molecule has 1 amide bonds. The largest absolute Gasteiger partial charge is 0.468 e. The minimum absolute atomic E-state index is 0.146. The summed E-state index contributed by atoms with van der Waals surface area (Å²) >= 11 is 0. The van der Waals surface area contributed by atoms with Crippen molar-refractivity contribution in [2.75, 3.05) is 20.6 Å². The predicted molar refractivity (Wildman–Crippen MR) is 90.2 cm³/mol. The van der Waals surface area contributed by atoms with E-state index in [1.165, 1.54) is 18.2 Å². The Morgan fingerprint density at radius 2 is 2.20 bits per heavy atom. The number of hydrogen-bond acceptors (Lipinski definition) is 5. The number of amides is 1. The molecule has 25 heavy (non-hydrogen) atoms. The Bertz CT molecular complexity index is 772. The molecule has 0 spiro atoms. The SMILES string of the molecule is CN(C)C(CNC(=O)C=Cc1ccc(F)cc1[N+](=O)[O-])c1ccco1. The molecule has 8 heteroatoms. The van der Waals surface area contributed by atoms with E-state index in [0.29, 0.717) is 12.3 Å². The standard InChI is InChI=1S/C17H18FN3O4/c1-20(2)15(16-4-3-9-25-16)11-19-17(22)8-6-12-5-7-13(18)10-14(12)21(23)24/h3-10,15H,11H2,1-2H3,(H,19,22). The number of nitro benzene ring substituents is 1. The van der Waals surface area contributed by atoms with E-state index in [4.69, 9.17) is 4.42 Å². The molecule has 0 bridgehead atoms. The van der Waals surface area contributed by atoms with Crippen LogP contribution in [0, 0.1) is 15.9 Å². The van der Waals surface area contributed by atoms with Crippen molar-refractivity contribution in [1.29, 1.82) is 0 Å². The van der Waals surface area contributed by atoms with Crippen LogP contribution in [-0.4, -0.2) is 36.4 Å². The van der Waals surface area contributed by atoms with Crippen molar-refractivity contribution < 1.29 is 18.5 Å². The van der Waals surface area contributed by atoms with Crippen LogP contribution in [0.3, 0.4) is 0 Å². The number of nitro groups is 1. The first-order chi connectivity index (χ1) is 11.9. The van der Waals surface area contributed by atoms with Crippen molar-refractivity contribution >= 4 is 17.7 Å². The number of hydrogen-bond donors (Lipinski definition) is 1. The Hall–Kier alpha value is -3.00. The Morgan fingerprint density at radius 1 is 1.44 bits per heavy atom. The van der Waals surface area contributed by atoms with Crippen molar-refractivity contribution in [3.05, 3.63) is 69.9 Å². The average Bonchev–Trinajstić information content (AvgIpc) is 3.07. The second kappa shape index (κ2) is 8.20. The maximum absolute atomic E-state index is 13.1. The van der Waals surface area contributed by atoms with E-state index >= 15 is 0 Å². The van der Waals surface area contributed by atoms with Gasteiger partial charge in [0, 0.05) is 12.6 Å². The molecule has 132 valence electrons. The molecule has 0 fully saturated rings. The molecule has 1 N–H and O–H groups in total. The van der Waals surface area contributed by atoms with Crippen LogP contribution in [0.4, 0.5) is 10.1 Å². The van der Waals surface area contributed by atoms with Crippen molar-refractivity contribution in [3.8, 4) is 0 Å². The zero-order valence-electron chi connectivity index (χ0n) is 13.8. The summed E-state index contributed by atoms with van der Waals surface area (Å²) in [7, 11) is 3.72. The number of nitrogens with zero attached hydrogens (tertiary/aromatic N) is 2. The van der Waals surface area contributed by atoms with Crippen LogP contribution in [0.15, 0.2) is 47.1 Å². The molecule has 1 aromatic carbocycles. The quantitative estimate of drug-likeness (QED) is 0.473. The second-order valence-corrected chi connectivity index (χ2v) is 5.53. The molecule has 1 unspecified atom stereocenters. The molecule has 0 radical (unpaired) electrons. The molecular formula is C17H18FN3O4. The van der Waals surface area contributed by atoms with Gasteiger partial charge in [0.1, 0.15) is 11.6 Å². The Morgan fingerprint density at radius 3 is 2.80 bits per heavy atom. The second-order valence-electron chi connectivity index (χ2n) is 5.53. The van der Waals surface area contributed by atoms with Gasteiger partial charge >= 0.3 is 0 Å². The van der Waals surface area contributed by atoms with Gasteiger partial charge in [0.25, 0.3) is 5.69 Å². The number of carbonyl (C=O) groups is 1. The molecular weight excluding hydrogens is 329 g/mol. The van der Waals surface area contributed by atoms with E-state index in [0.717, 1.165) is 12.1 Å². The molecule has 1 atom stereocenters. The Labute approximate surface area is 143 Å². The number of furan rings is 1. The lowest BCUT2D eigenvalue weighted by Gasteiger charge is -2.22. The molecule has 2 aromatic rings. The summed E-state index contributed by atoms with van der Waals surface area (Å²) in [5.74, 6) is -0.416. The Kier molecular flexibility index (Phi) is 6.02. The van der Waals surface area contributed by atoms with Crippen molar-refractivity contribution in [1.82, 2.24) is 10.2 Å². The van der Waals surface area contributed by atoms with Crippen LogP contribution < -0.4 is 5.32 Å². The summed E-state index contributed by atoms with van der Waals surface area (Å²) in [4.78, 5) is 24.1. The fourth-order valence-electron chi connectivity index (χ4n) is 2.26. The molecule has 2 rings (SSSR count). The molecule has 0 aliphatic rings. The topological polar surface area (TPSA) is 88.6 Å². The number of benzene rings is 1. The number of halogens is 1. The predicted octanol–water partition coefficient (Wildman–Crippen LogP) is 2.76. The minimum atomic E-state index is -0.708. The monoisotopic (exact) mass is 347 g/mol. The van der Waals surface area contributed by atoms with Gasteiger partial charge in [-0.1, -0.05) is 0 Å². The number of nitrogens with one attached hydrogen (secondary N) is 1. The highest BCUT2D eigenvalue weighted by Crippen LogP contribution is 2.21. The van der Waals surface area contributed by atoms with Crippen LogP contribution in [0.25, 0.3) is 6.08 Å². The molecule has 7 nitrogen and oxygen atoms in total. The normalized spacial score (nSPS) is 12.5. The Balaban J connectivity index is 2.03. The van der Waals surface area contributed by atoms with Crippen LogP contribution in [-0.2, 0) is 4.79 Å². The molecule has 0 saturated carbocycles. The minimum Gasteiger partial charge on any atom is -0.468 e. The van der Waals surface area contributed by atoms with Gasteiger partial charge in [0.05, 0.1) is 28.9 Å². The number of likely N-dealkylation sites (N-methyl/N-ethyl adjacent to an activating group) is 1. The van der Waals surface area contributed by atoms with E-state index in [2.05, 4.69) is 5.32 Å². The van der Waals surface area contributed by atoms with Gasteiger partial charge < -0.3 is 9.73 Å². The lowest BCUT2D eigenvalue weighted by Crippen LogP contribution is -2.33. The van der Waals surface area contributed by atoms with E-state index in [-0.39, 0.29) is 11.6 Å². The third-order valence-corrected chi connectivity index (χ3v) is 3.57. The van der Waals surface area contributed by atoms with E-state index in [1.54, 1.807) is 12.3 Å². The van der Waals surface area contributed by atoms with Gasteiger partial charge in [-0.3, -0.25) is 19.8 Å².